The highest BCUT2D eigenvalue weighted by Crippen LogP contribution is 2.07. The number of likely N-dealkylation sites (N-methyl/N-ethyl adjacent to an activating group) is 1. The van der Waals surface area contributed by atoms with E-state index in [1.165, 1.54) is 0 Å². The molecule has 0 saturated carbocycles. The molecule has 0 spiro atoms. The van der Waals surface area contributed by atoms with E-state index < -0.39 is 0 Å². The van der Waals surface area contributed by atoms with Crippen molar-refractivity contribution in [2.24, 2.45) is 5.92 Å². The molecule has 4 heteroatoms. The average molecular weight is 229 g/mol. The van der Waals surface area contributed by atoms with E-state index in [0.717, 1.165) is 13.0 Å². The van der Waals surface area contributed by atoms with Gasteiger partial charge in [0.15, 0.2) is 0 Å². The number of rotatable bonds is 6. The largest absolute Gasteiger partial charge is 0.338 e. The fraction of sp³-hybridized carbons (Fsp3) is 0.917. The summed E-state index contributed by atoms with van der Waals surface area (Å²) < 4.78 is 0. The molecule has 2 N–H and O–H groups in total. The molecule has 0 aromatic rings. The number of carbonyl (C=O) groups is 1. The second-order valence-electron chi connectivity index (χ2n) is 5.50. The van der Waals surface area contributed by atoms with Gasteiger partial charge in [0.05, 0.1) is 0 Å². The molecular weight excluding hydrogens is 202 g/mol. The quantitative estimate of drug-likeness (QED) is 0.727. The van der Waals surface area contributed by atoms with E-state index in [-0.39, 0.29) is 11.6 Å². The van der Waals surface area contributed by atoms with Gasteiger partial charge in [-0.3, -0.25) is 0 Å². The number of carbonyl (C=O) groups excluding carboxylic acids is 1. The lowest BCUT2D eigenvalue weighted by molar-refractivity contribution is 0.186. The van der Waals surface area contributed by atoms with Crippen molar-refractivity contribution in [3.63, 3.8) is 0 Å². The molecule has 2 amide bonds. The molecule has 0 heterocycles. The van der Waals surface area contributed by atoms with Gasteiger partial charge in [0.25, 0.3) is 0 Å². The lowest BCUT2D eigenvalue weighted by Gasteiger charge is -2.32. The van der Waals surface area contributed by atoms with Crippen LogP contribution < -0.4 is 10.6 Å². The summed E-state index contributed by atoms with van der Waals surface area (Å²) in [5.74, 6) is 0.624. The highest BCUT2D eigenvalue weighted by atomic mass is 16.2. The van der Waals surface area contributed by atoms with Crippen molar-refractivity contribution in [2.45, 2.75) is 39.7 Å². The maximum absolute atomic E-state index is 11.5. The number of nitrogens with zero attached hydrogens (tertiary/aromatic N) is 1. The topological polar surface area (TPSA) is 44.4 Å². The molecule has 0 aliphatic rings. The van der Waals surface area contributed by atoms with E-state index in [2.05, 4.69) is 43.2 Å². The van der Waals surface area contributed by atoms with E-state index in [1.54, 1.807) is 0 Å². The van der Waals surface area contributed by atoms with E-state index in [1.807, 2.05) is 14.1 Å². The first-order valence-electron chi connectivity index (χ1n) is 5.95. The van der Waals surface area contributed by atoms with Gasteiger partial charge >= 0.3 is 6.03 Å². The van der Waals surface area contributed by atoms with Crippen LogP contribution in [0.4, 0.5) is 4.79 Å². The van der Waals surface area contributed by atoms with Crippen LogP contribution in [-0.4, -0.2) is 43.7 Å². The third-order valence-electron chi connectivity index (χ3n) is 2.90. The summed E-state index contributed by atoms with van der Waals surface area (Å²) in [4.78, 5) is 13.6. The minimum Gasteiger partial charge on any atom is -0.338 e. The van der Waals surface area contributed by atoms with Gasteiger partial charge in [-0.1, -0.05) is 13.8 Å². The van der Waals surface area contributed by atoms with Crippen molar-refractivity contribution in [1.82, 2.24) is 15.5 Å². The predicted octanol–water partition coefficient (Wildman–Crippen LogP) is 1.67. The first kappa shape index (κ1) is 15.2. The third kappa shape index (κ3) is 6.67. The maximum Gasteiger partial charge on any atom is 0.314 e. The Bertz CT molecular complexity index is 212. The Morgan fingerprint density at radius 3 is 2.25 bits per heavy atom. The van der Waals surface area contributed by atoms with Crippen LogP contribution in [0.1, 0.15) is 34.1 Å². The molecule has 0 bridgehead atoms. The summed E-state index contributed by atoms with van der Waals surface area (Å²) in [6.07, 6.45) is 1.02. The Morgan fingerprint density at radius 1 is 1.25 bits per heavy atom. The van der Waals surface area contributed by atoms with Crippen LogP contribution in [0, 0.1) is 5.92 Å². The molecule has 0 aliphatic carbocycles. The fourth-order valence-corrected chi connectivity index (χ4v) is 0.992. The summed E-state index contributed by atoms with van der Waals surface area (Å²) in [6.45, 7) is 9.88. The number of hydrogen-bond acceptors (Lipinski definition) is 2. The summed E-state index contributed by atoms with van der Waals surface area (Å²) in [7, 11) is 4.02. The van der Waals surface area contributed by atoms with Gasteiger partial charge in [0.2, 0.25) is 0 Å². The van der Waals surface area contributed by atoms with Gasteiger partial charge in [-0.05, 0) is 40.3 Å². The number of urea groups is 1. The van der Waals surface area contributed by atoms with Crippen LogP contribution in [0.5, 0.6) is 0 Å². The summed E-state index contributed by atoms with van der Waals surface area (Å²) in [6, 6.07) is -0.0735. The smallest absolute Gasteiger partial charge is 0.314 e. The summed E-state index contributed by atoms with van der Waals surface area (Å²) >= 11 is 0. The van der Waals surface area contributed by atoms with Crippen LogP contribution in [0.3, 0.4) is 0 Å². The highest BCUT2D eigenvalue weighted by molar-refractivity contribution is 5.73. The van der Waals surface area contributed by atoms with Crippen molar-refractivity contribution >= 4 is 6.03 Å². The zero-order chi connectivity index (χ0) is 12.8. The fourth-order valence-electron chi connectivity index (χ4n) is 0.992. The van der Waals surface area contributed by atoms with Gasteiger partial charge in [-0.15, -0.1) is 0 Å². The molecule has 0 fully saturated rings. The normalized spacial score (nSPS) is 12.0. The van der Waals surface area contributed by atoms with E-state index in [0.29, 0.717) is 12.5 Å². The minimum absolute atomic E-state index is 0.0185. The van der Waals surface area contributed by atoms with E-state index in [4.69, 9.17) is 0 Å². The molecule has 0 aromatic heterocycles. The Hall–Kier alpha value is -0.770. The SMILES string of the molecule is CC(C)CCNC(=O)NCC(C)(C)N(C)C. The molecule has 4 nitrogen and oxygen atoms in total. The molecule has 0 aromatic carbocycles. The van der Waals surface area contributed by atoms with Crippen LogP contribution in [0.15, 0.2) is 0 Å². The van der Waals surface area contributed by atoms with Gasteiger partial charge in [0, 0.05) is 18.6 Å². The molecule has 0 rings (SSSR count). The molecule has 0 saturated heterocycles. The Balaban J connectivity index is 3.73. The van der Waals surface area contributed by atoms with Crippen LogP contribution in [0.2, 0.25) is 0 Å². The zero-order valence-electron chi connectivity index (χ0n) is 11.6. The molecular formula is C12H27N3O. The first-order valence-corrected chi connectivity index (χ1v) is 5.95. The molecule has 0 aliphatic heterocycles. The lowest BCUT2D eigenvalue weighted by Crippen LogP contribution is -2.50. The Morgan fingerprint density at radius 2 is 1.81 bits per heavy atom. The van der Waals surface area contributed by atoms with Crippen molar-refractivity contribution in [1.29, 1.82) is 0 Å². The minimum atomic E-state index is -0.0735. The van der Waals surface area contributed by atoms with E-state index >= 15 is 0 Å². The van der Waals surface area contributed by atoms with Crippen molar-refractivity contribution < 1.29 is 4.79 Å². The van der Waals surface area contributed by atoms with Crippen molar-refractivity contribution in [2.75, 3.05) is 27.2 Å². The monoisotopic (exact) mass is 229 g/mol. The molecule has 0 radical (unpaired) electrons. The Labute approximate surface area is 99.8 Å². The van der Waals surface area contributed by atoms with Gasteiger partial charge < -0.3 is 15.5 Å². The zero-order valence-corrected chi connectivity index (χ0v) is 11.6. The van der Waals surface area contributed by atoms with Gasteiger partial charge in [-0.25, -0.2) is 4.79 Å². The van der Waals surface area contributed by atoms with Crippen LogP contribution >= 0.6 is 0 Å². The first-order chi connectivity index (χ1) is 7.25. The maximum atomic E-state index is 11.5. The van der Waals surface area contributed by atoms with E-state index in [9.17, 15) is 4.79 Å². The summed E-state index contributed by atoms with van der Waals surface area (Å²) in [5.41, 5.74) is -0.0185. The summed E-state index contributed by atoms with van der Waals surface area (Å²) in [5, 5.41) is 5.74. The Kier molecular flexibility index (Phi) is 6.41. The molecule has 96 valence electrons. The number of amides is 2. The standard InChI is InChI=1S/C12H27N3O/c1-10(2)7-8-13-11(16)14-9-12(3,4)15(5)6/h10H,7-9H2,1-6H3,(H2,13,14,16). The number of nitrogens with one attached hydrogen (secondary N) is 2. The third-order valence-corrected chi connectivity index (χ3v) is 2.90. The predicted molar refractivity (Wildman–Crippen MR) is 68.6 cm³/mol. The number of hydrogen-bond donors (Lipinski definition) is 2. The highest BCUT2D eigenvalue weighted by Gasteiger charge is 2.20. The molecule has 16 heavy (non-hydrogen) atoms. The molecule has 0 atom stereocenters. The second-order valence-corrected chi connectivity index (χ2v) is 5.50. The molecule has 0 unspecified atom stereocenters. The lowest BCUT2D eigenvalue weighted by atomic mass is 10.1. The van der Waals surface area contributed by atoms with Crippen LogP contribution in [-0.2, 0) is 0 Å². The van der Waals surface area contributed by atoms with Gasteiger partial charge in [0.1, 0.15) is 0 Å². The van der Waals surface area contributed by atoms with Crippen molar-refractivity contribution in [3.8, 4) is 0 Å². The average Bonchev–Trinajstić information content (AvgIpc) is 2.14. The van der Waals surface area contributed by atoms with Crippen LogP contribution in [0.25, 0.3) is 0 Å². The van der Waals surface area contributed by atoms with Crippen molar-refractivity contribution in [3.05, 3.63) is 0 Å². The van der Waals surface area contributed by atoms with Gasteiger partial charge in [-0.2, -0.15) is 0 Å². The second kappa shape index (κ2) is 6.74.